The molecule has 0 saturated carbocycles. The average Bonchev–Trinajstić information content (AvgIpc) is 2.50. The molecule has 21 heavy (non-hydrogen) atoms. The van der Waals surface area contributed by atoms with Gasteiger partial charge in [-0.1, -0.05) is 38.5 Å². The van der Waals surface area contributed by atoms with Crippen LogP contribution in [0.2, 0.25) is 0 Å². The zero-order chi connectivity index (χ0) is 15.7. The van der Waals surface area contributed by atoms with E-state index in [1.54, 1.807) is 0 Å². The third kappa shape index (κ3) is 6.06. The van der Waals surface area contributed by atoms with Gasteiger partial charge in [0.15, 0.2) is 0 Å². The summed E-state index contributed by atoms with van der Waals surface area (Å²) >= 11 is 0. The Morgan fingerprint density at radius 1 is 1.19 bits per heavy atom. The van der Waals surface area contributed by atoms with Gasteiger partial charge in [-0.15, -0.1) is 0 Å². The Kier molecular flexibility index (Phi) is 8.40. The van der Waals surface area contributed by atoms with Crippen LogP contribution in [0, 0.1) is 6.92 Å². The highest BCUT2D eigenvalue weighted by Crippen LogP contribution is 2.26. The molecule has 120 valence electrons. The van der Waals surface area contributed by atoms with Crippen LogP contribution in [-0.2, 0) is 0 Å². The second kappa shape index (κ2) is 9.80. The van der Waals surface area contributed by atoms with E-state index in [0.29, 0.717) is 6.04 Å². The summed E-state index contributed by atoms with van der Waals surface area (Å²) in [4.78, 5) is 2.38. The minimum Gasteiger partial charge on any atom is -0.492 e. The lowest BCUT2D eigenvalue weighted by atomic mass is 10.0. The van der Waals surface area contributed by atoms with Gasteiger partial charge < -0.3 is 15.0 Å². The monoisotopic (exact) mass is 292 g/mol. The Bertz CT molecular complexity index is 402. The summed E-state index contributed by atoms with van der Waals surface area (Å²) in [5, 5.41) is 3.55. The molecule has 0 aromatic heterocycles. The molecule has 0 spiro atoms. The van der Waals surface area contributed by atoms with Crippen molar-refractivity contribution in [2.75, 3.05) is 32.8 Å². The van der Waals surface area contributed by atoms with Gasteiger partial charge in [0.05, 0.1) is 0 Å². The molecular weight excluding hydrogens is 260 g/mol. The summed E-state index contributed by atoms with van der Waals surface area (Å²) in [6.45, 7) is 15.8. The van der Waals surface area contributed by atoms with Gasteiger partial charge in [0.2, 0.25) is 0 Å². The van der Waals surface area contributed by atoms with E-state index in [1.807, 2.05) is 0 Å². The van der Waals surface area contributed by atoms with Gasteiger partial charge in [0.1, 0.15) is 12.4 Å². The van der Waals surface area contributed by atoms with E-state index in [9.17, 15) is 0 Å². The first-order valence-corrected chi connectivity index (χ1v) is 8.31. The fourth-order valence-corrected chi connectivity index (χ4v) is 2.43. The predicted octanol–water partition coefficient (Wildman–Crippen LogP) is 3.78. The van der Waals surface area contributed by atoms with Crippen molar-refractivity contribution in [3.8, 4) is 5.75 Å². The van der Waals surface area contributed by atoms with Crippen molar-refractivity contribution in [2.45, 2.75) is 47.1 Å². The molecule has 0 amide bonds. The summed E-state index contributed by atoms with van der Waals surface area (Å²) in [5.41, 5.74) is 2.55. The zero-order valence-corrected chi connectivity index (χ0v) is 14.4. The van der Waals surface area contributed by atoms with Crippen LogP contribution in [0.4, 0.5) is 0 Å². The maximum absolute atomic E-state index is 6.05. The minimum absolute atomic E-state index is 0.327. The number of nitrogens with zero attached hydrogens (tertiary/aromatic N) is 1. The molecule has 3 nitrogen and oxygen atoms in total. The van der Waals surface area contributed by atoms with Crippen LogP contribution in [0.5, 0.6) is 5.75 Å². The Balaban J connectivity index is 2.68. The molecule has 0 saturated heterocycles. The summed E-state index contributed by atoms with van der Waals surface area (Å²) in [5.74, 6) is 1.02. The van der Waals surface area contributed by atoms with Crippen molar-refractivity contribution < 1.29 is 4.74 Å². The second-order valence-corrected chi connectivity index (χ2v) is 5.59. The van der Waals surface area contributed by atoms with Crippen LogP contribution in [-0.4, -0.2) is 37.7 Å². The highest BCUT2D eigenvalue weighted by molar-refractivity contribution is 5.39. The van der Waals surface area contributed by atoms with Gasteiger partial charge >= 0.3 is 0 Å². The molecule has 0 aliphatic carbocycles. The number of aryl methyl sites for hydroxylation is 1. The van der Waals surface area contributed by atoms with Crippen LogP contribution in [0.1, 0.15) is 51.3 Å². The molecule has 0 aliphatic rings. The highest BCUT2D eigenvalue weighted by Gasteiger charge is 2.11. The van der Waals surface area contributed by atoms with Crippen LogP contribution in [0.25, 0.3) is 0 Å². The predicted molar refractivity (Wildman–Crippen MR) is 91.2 cm³/mol. The van der Waals surface area contributed by atoms with Crippen molar-refractivity contribution in [1.29, 1.82) is 0 Å². The van der Waals surface area contributed by atoms with Crippen molar-refractivity contribution in [3.05, 3.63) is 29.3 Å². The second-order valence-electron chi connectivity index (χ2n) is 5.59. The van der Waals surface area contributed by atoms with E-state index in [4.69, 9.17) is 4.74 Å². The average molecular weight is 292 g/mol. The van der Waals surface area contributed by atoms with E-state index in [-0.39, 0.29) is 0 Å². The number of hydrogen-bond donors (Lipinski definition) is 1. The molecule has 3 heteroatoms. The number of likely N-dealkylation sites (N-methyl/N-ethyl adjacent to an activating group) is 1. The van der Waals surface area contributed by atoms with Crippen molar-refractivity contribution in [2.24, 2.45) is 0 Å². The molecule has 1 rings (SSSR count). The third-order valence-corrected chi connectivity index (χ3v) is 3.89. The first kappa shape index (κ1) is 18.0. The largest absolute Gasteiger partial charge is 0.492 e. The molecule has 0 radical (unpaired) electrons. The molecular formula is C18H32N2O. The standard InChI is InChI=1S/C18H32N2O/c1-6-11-19-16(5)17-14-15(4)9-10-18(17)21-13-12-20(7-2)8-3/h9-10,14,16,19H,6-8,11-13H2,1-5H3. The first-order valence-electron chi connectivity index (χ1n) is 8.31. The number of hydrogen-bond acceptors (Lipinski definition) is 3. The van der Waals surface area contributed by atoms with Crippen LogP contribution in [0.3, 0.4) is 0 Å². The zero-order valence-electron chi connectivity index (χ0n) is 14.4. The molecule has 1 aromatic carbocycles. The fourth-order valence-electron chi connectivity index (χ4n) is 2.43. The third-order valence-electron chi connectivity index (χ3n) is 3.89. The van der Waals surface area contributed by atoms with Crippen LogP contribution in [0.15, 0.2) is 18.2 Å². The van der Waals surface area contributed by atoms with Gasteiger partial charge in [-0.3, -0.25) is 0 Å². The SMILES string of the molecule is CCCNC(C)c1cc(C)ccc1OCCN(CC)CC. The molecule has 1 N–H and O–H groups in total. The summed E-state index contributed by atoms with van der Waals surface area (Å²) in [6, 6.07) is 6.80. The smallest absolute Gasteiger partial charge is 0.124 e. The van der Waals surface area contributed by atoms with Gasteiger partial charge in [-0.05, 0) is 46.0 Å². The maximum Gasteiger partial charge on any atom is 0.124 e. The molecule has 0 fully saturated rings. The Morgan fingerprint density at radius 3 is 2.52 bits per heavy atom. The topological polar surface area (TPSA) is 24.5 Å². The number of benzene rings is 1. The van der Waals surface area contributed by atoms with Crippen LogP contribution >= 0.6 is 0 Å². The highest BCUT2D eigenvalue weighted by atomic mass is 16.5. The van der Waals surface area contributed by atoms with Crippen molar-refractivity contribution in [3.63, 3.8) is 0 Å². The van der Waals surface area contributed by atoms with E-state index in [0.717, 1.165) is 45.0 Å². The maximum atomic E-state index is 6.05. The van der Waals surface area contributed by atoms with Crippen molar-refractivity contribution >= 4 is 0 Å². The van der Waals surface area contributed by atoms with Gasteiger partial charge in [-0.2, -0.15) is 0 Å². The van der Waals surface area contributed by atoms with Gasteiger partial charge in [-0.25, -0.2) is 0 Å². The summed E-state index contributed by atoms with van der Waals surface area (Å²) in [7, 11) is 0. The molecule has 0 bridgehead atoms. The number of nitrogens with one attached hydrogen (secondary N) is 1. The quantitative estimate of drug-likeness (QED) is 0.710. The van der Waals surface area contributed by atoms with Gasteiger partial charge in [0, 0.05) is 18.2 Å². The van der Waals surface area contributed by atoms with Gasteiger partial charge in [0.25, 0.3) is 0 Å². The first-order chi connectivity index (χ1) is 10.1. The molecule has 1 unspecified atom stereocenters. The van der Waals surface area contributed by atoms with E-state index < -0.39 is 0 Å². The lowest BCUT2D eigenvalue weighted by Crippen LogP contribution is -2.28. The summed E-state index contributed by atoms with van der Waals surface area (Å²) in [6.07, 6.45) is 1.15. The normalized spacial score (nSPS) is 12.7. The number of rotatable bonds is 10. The molecule has 0 heterocycles. The molecule has 1 atom stereocenters. The lowest BCUT2D eigenvalue weighted by molar-refractivity contribution is 0.220. The number of ether oxygens (including phenoxy) is 1. The Hall–Kier alpha value is -1.06. The van der Waals surface area contributed by atoms with E-state index in [2.05, 4.69) is 63.0 Å². The fraction of sp³-hybridized carbons (Fsp3) is 0.667. The molecule has 1 aromatic rings. The van der Waals surface area contributed by atoms with Crippen LogP contribution < -0.4 is 10.1 Å². The summed E-state index contributed by atoms with van der Waals surface area (Å²) < 4.78 is 6.05. The Labute approximate surface area is 130 Å². The van der Waals surface area contributed by atoms with E-state index >= 15 is 0 Å². The lowest BCUT2D eigenvalue weighted by Gasteiger charge is -2.21. The van der Waals surface area contributed by atoms with Crippen molar-refractivity contribution in [1.82, 2.24) is 10.2 Å². The molecule has 0 aliphatic heterocycles. The Morgan fingerprint density at radius 2 is 1.90 bits per heavy atom. The minimum atomic E-state index is 0.327. The van der Waals surface area contributed by atoms with E-state index in [1.165, 1.54) is 11.1 Å².